The van der Waals surface area contributed by atoms with Crippen LogP contribution in [0.3, 0.4) is 0 Å². The smallest absolute Gasteiger partial charge is 1.00 e. The van der Waals surface area contributed by atoms with E-state index >= 15 is 0 Å². The van der Waals surface area contributed by atoms with E-state index in [2.05, 4.69) is 17.0 Å². The number of fused-ring (bicyclic) bond motifs is 1. The Morgan fingerprint density at radius 1 is 1.24 bits per heavy atom. The molecule has 1 atom stereocenters. The van der Waals surface area contributed by atoms with Crippen LogP contribution in [-0.4, -0.2) is 49.7 Å². The van der Waals surface area contributed by atoms with E-state index in [9.17, 15) is 14.7 Å². The predicted octanol–water partition coefficient (Wildman–Crippen LogP) is -0.381. The molecule has 0 aliphatic heterocycles. The molecule has 0 spiro atoms. The second-order valence-corrected chi connectivity index (χ2v) is 7.61. The number of hydrogen-bond acceptors (Lipinski definition) is 6. The normalized spacial score (nSPS) is 11.9. The number of aliphatic carboxylic acids is 1. The van der Waals surface area contributed by atoms with Gasteiger partial charge in [-0.2, -0.15) is 5.10 Å². The third kappa shape index (κ3) is 6.44. The molecular formula is C23H31N4NaO5. The summed E-state index contributed by atoms with van der Waals surface area (Å²) in [7, 11) is 1.77. The van der Waals surface area contributed by atoms with E-state index in [1.165, 1.54) is 0 Å². The number of carboxylic acids is 1. The van der Waals surface area contributed by atoms with E-state index in [1.807, 2.05) is 19.1 Å². The Kier molecular flexibility index (Phi) is 10.1. The number of carboxylic acid groups (broad SMARTS) is 1. The first-order chi connectivity index (χ1) is 15.3. The van der Waals surface area contributed by atoms with Crippen molar-refractivity contribution in [2.45, 2.75) is 52.7 Å². The number of carbonyl (C=O) groups is 1. The van der Waals surface area contributed by atoms with Gasteiger partial charge in [0.05, 0.1) is 12.2 Å². The van der Waals surface area contributed by atoms with Gasteiger partial charge in [-0.05, 0) is 38.0 Å². The fourth-order valence-corrected chi connectivity index (χ4v) is 3.70. The first-order valence-corrected chi connectivity index (χ1v) is 10.8. The van der Waals surface area contributed by atoms with Crippen LogP contribution in [0, 0.1) is 6.92 Å². The van der Waals surface area contributed by atoms with Gasteiger partial charge in [-0.15, -0.1) is 0 Å². The number of ether oxygens (including phenoxy) is 2. The first kappa shape index (κ1) is 27.0. The summed E-state index contributed by atoms with van der Waals surface area (Å²) in [5.74, 6) is 0.291. The summed E-state index contributed by atoms with van der Waals surface area (Å²) in [5, 5.41) is 13.7. The van der Waals surface area contributed by atoms with Crippen LogP contribution in [0.15, 0.2) is 29.1 Å². The van der Waals surface area contributed by atoms with Crippen molar-refractivity contribution in [3.8, 4) is 5.75 Å². The minimum Gasteiger partial charge on any atom is -1.00 e. The summed E-state index contributed by atoms with van der Waals surface area (Å²) in [5.41, 5.74) is 2.75. The molecular weight excluding hydrogens is 435 g/mol. The fraction of sp³-hybridized carbons (Fsp3) is 0.478. The number of aromatic nitrogens is 4. The molecule has 0 aliphatic rings. The molecule has 174 valence electrons. The molecule has 33 heavy (non-hydrogen) atoms. The summed E-state index contributed by atoms with van der Waals surface area (Å²) in [6.07, 6.45) is 1.14. The molecule has 0 saturated carbocycles. The largest absolute Gasteiger partial charge is 1.00 e. The van der Waals surface area contributed by atoms with Gasteiger partial charge < -0.3 is 16.0 Å². The zero-order chi connectivity index (χ0) is 23.3. The Bertz CT molecular complexity index is 1150. The first-order valence-electron chi connectivity index (χ1n) is 10.8. The summed E-state index contributed by atoms with van der Waals surface area (Å²) in [6.45, 7) is 6.65. The quantitative estimate of drug-likeness (QED) is 0.384. The average Bonchev–Trinajstić information content (AvgIpc) is 3.06. The molecule has 0 fully saturated rings. The summed E-state index contributed by atoms with van der Waals surface area (Å²) in [6, 6.07) is 7.21. The molecule has 0 radical (unpaired) electrons. The maximum atomic E-state index is 13.0. The van der Waals surface area contributed by atoms with Crippen LogP contribution in [0.25, 0.3) is 11.0 Å². The number of aryl methyl sites for hydroxylation is 3. The molecule has 0 amide bonds. The van der Waals surface area contributed by atoms with Crippen LogP contribution in [-0.2, 0) is 36.0 Å². The maximum absolute atomic E-state index is 13.0. The van der Waals surface area contributed by atoms with Gasteiger partial charge >= 0.3 is 35.5 Å². The Morgan fingerprint density at radius 3 is 2.55 bits per heavy atom. The number of rotatable bonds is 11. The van der Waals surface area contributed by atoms with Gasteiger partial charge in [0.25, 0.3) is 5.56 Å². The van der Waals surface area contributed by atoms with Crippen molar-refractivity contribution < 1.29 is 50.4 Å². The Balaban J connectivity index is 0.00000289. The van der Waals surface area contributed by atoms with E-state index in [4.69, 9.17) is 9.47 Å². The molecule has 2 aromatic heterocycles. The molecule has 0 aliphatic carbocycles. The van der Waals surface area contributed by atoms with E-state index in [0.717, 1.165) is 24.1 Å². The van der Waals surface area contributed by atoms with E-state index in [0.29, 0.717) is 42.4 Å². The molecule has 3 aromatic rings. The minimum absolute atomic E-state index is 0. The molecule has 2 heterocycles. The fourth-order valence-electron chi connectivity index (χ4n) is 3.70. The number of hydrogen-bond donors (Lipinski definition) is 1. The second-order valence-electron chi connectivity index (χ2n) is 7.61. The molecule has 1 unspecified atom stereocenters. The molecule has 1 aromatic carbocycles. The van der Waals surface area contributed by atoms with Gasteiger partial charge in [0.1, 0.15) is 23.7 Å². The van der Waals surface area contributed by atoms with Crippen molar-refractivity contribution in [2.24, 2.45) is 7.05 Å². The third-order valence-corrected chi connectivity index (χ3v) is 5.26. The van der Waals surface area contributed by atoms with Gasteiger partial charge in [-0.3, -0.25) is 14.0 Å². The SMILES string of the molecule is CCCc1nn(C)c2c(=O)n(CCOc3ccc(CC(OCC)C(=O)O)cc3)c(C)nc12.[H-].[Na+]. The van der Waals surface area contributed by atoms with Crippen molar-refractivity contribution >= 4 is 17.0 Å². The van der Waals surface area contributed by atoms with Gasteiger partial charge in [-0.1, -0.05) is 25.5 Å². The maximum Gasteiger partial charge on any atom is 1.00 e. The van der Waals surface area contributed by atoms with Crippen LogP contribution in [0.4, 0.5) is 0 Å². The van der Waals surface area contributed by atoms with Gasteiger partial charge in [0, 0.05) is 20.1 Å². The van der Waals surface area contributed by atoms with E-state index in [1.54, 1.807) is 35.4 Å². The molecule has 10 heteroatoms. The van der Waals surface area contributed by atoms with Crippen molar-refractivity contribution in [1.29, 1.82) is 0 Å². The van der Waals surface area contributed by atoms with Crippen molar-refractivity contribution in [1.82, 2.24) is 19.3 Å². The topological polar surface area (TPSA) is 108 Å². The van der Waals surface area contributed by atoms with Crippen molar-refractivity contribution in [3.63, 3.8) is 0 Å². The monoisotopic (exact) mass is 466 g/mol. The van der Waals surface area contributed by atoms with Crippen molar-refractivity contribution in [3.05, 3.63) is 51.7 Å². The van der Waals surface area contributed by atoms with E-state index in [-0.39, 0.29) is 43.0 Å². The zero-order valence-corrected chi connectivity index (χ0v) is 22.0. The molecule has 0 saturated heterocycles. The second kappa shape index (κ2) is 12.3. The Hall–Kier alpha value is -2.20. The van der Waals surface area contributed by atoms with Crippen molar-refractivity contribution in [2.75, 3.05) is 13.2 Å². The van der Waals surface area contributed by atoms with Crippen LogP contribution in [0.1, 0.15) is 38.8 Å². The van der Waals surface area contributed by atoms with Crippen LogP contribution in [0.2, 0.25) is 0 Å². The van der Waals surface area contributed by atoms with E-state index < -0.39 is 12.1 Å². The summed E-state index contributed by atoms with van der Waals surface area (Å²) >= 11 is 0. The van der Waals surface area contributed by atoms with Crippen LogP contribution >= 0.6 is 0 Å². The van der Waals surface area contributed by atoms with Crippen LogP contribution < -0.4 is 39.9 Å². The average molecular weight is 467 g/mol. The molecule has 1 N–H and O–H groups in total. The number of nitrogens with zero attached hydrogens (tertiary/aromatic N) is 4. The summed E-state index contributed by atoms with van der Waals surface area (Å²) in [4.78, 5) is 28.9. The molecule has 3 rings (SSSR count). The van der Waals surface area contributed by atoms with Crippen LogP contribution in [0.5, 0.6) is 5.75 Å². The molecule has 9 nitrogen and oxygen atoms in total. The van der Waals surface area contributed by atoms with Gasteiger partial charge in [0.15, 0.2) is 11.6 Å². The predicted molar refractivity (Wildman–Crippen MR) is 121 cm³/mol. The third-order valence-electron chi connectivity index (χ3n) is 5.26. The summed E-state index contributed by atoms with van der Waals surface area (Å²) < 4.78 is 14.3. The molecule has 0 bridgehead atoms. The number of benzene rings is 1. The minimum atomic E-state index is -0.978. The zero-order valence-electron chi connectivity index (χ0n) is 21.0. The Labute approximate surface area is 216 Å². The van der Waals surface area contributed by atoms with Gasteiger partial charge in [0.2, 0.25) is 0 Å². The standard InChI is InChI=1S/C23H30N4O5.Na.H/c1-5-7-18-20-21(26(4)25-18)22(28)27(15(3)24-20)12-13-32-17-10-8-16(9-11-17)14-19(23(29)30)31-6-2;;/h8-11,19H,5-7,12-14H2,1-4H3,(H,29,30);;/q;+1;-1. The Morgan fingerprint density at radius 2 is 1.94 bits per heavy atom. The van der Waals surface area contributed by atoms with Gasteiger partial charge in [-0.25, -0.2) is 9.78 Å².